The van der Waals surface area contributed by atoms with Gasteiger partial charge in [0.1, 0.15) is 0 Å². The third-order valence-electron chi connectivity index (χ3n) is 11.4. The van der Waals surface area contributed by atoms with E-state index < -0.39 is 0 Å². The average molecular weight is 650 g/mol. The zero-order chi connectivity index (χ0) is 33.2. The molecule has 11 aromatic rings. The standard InChI is InChI=1S/C48H31N3/c1-2-15-31(16-3-1)49-40-22-10-8-20-37(40)45-39-29-28-33-32-17-5-4-14-30(32)26-27-36(33)44(39)46-38-21-9-13-25-43(38)51(48(46)47(45)49)50-41-23-11-6-18-34(41)35-19-7-12-24-42(35)50/h1-2,4-15,17-29H,3,16H2. The van der Waals surface area contributed by atoms with Gasteiger partial charge in [0.05, 0.1) is 33.1 Å². The molecule has 0 radical (unpaired) electrons. The molecule has 0 amide bonds. The highest BCUT2D eigenvalue weighted by molar-refractivity contribution is 6.41. The van der Waals surface area contributed by atoms with Gasteiger partial charge in [0.15, 0.2) is 0 Å². The van der Waals surface area contributed by atoms with Gasteiger partial charge < -0.3 is 4.57 Å². The smallest absolute Gasteiger partial charge is 0.0969 e. The number of allylic oxidation sites excluding steroid dienone is 4. The fraction of sp³-hybridized carbons (Fsp3) is 0.0417. The predicted molar refractivity (Wildman–Crippen MR) is 218 cm³/mol. The topological polar surface area (TPSA) is 14.8 Å². The number of hydrogen-bond donors (Lipinski definition) is 0. The summed E-state index contributed by atoms with van der Waals surface area (Å²) in [6.07, 6.45) is 8.87. The predicted octanol–water partition coefficient (Wildman–Crippen LogP) is 13.0. The highest BCUT2D eigenvalue weighted by Crippen LogP contribution is 2.49. The summed E-state index contributed by atoms with van der Waals surface area (Å²) in [6.45, 7) is 0. The van der Waals surface area contributed by atoms with Crippen molar-refractivity contribution < 1.29 is 0 Å². The number of fused-ring (bicyclic) bond motifs is 17. The molecule has 3 heteroatoms. The van der Waals surface area contributed by atoms with Gasteiger partial charge in [-0.3, -0.25) is 0 Å². The third-order valence-corrected chi connectivity index (χ3v) is 11.4. The Morgan fingerprint density at radius 1 is 0.373 bits per heavy atom. The van der Waals surface area contributed by atoms with Crippen LogP contribution in [-0.4, -0.2) is 13.9 Å². The second-order valence-electron chi connectivity index (χ2n) is 14.0. The van der Waals surface area contributed by atoms with Crippen LogP contribution in [0, 0.1) is 0 Å². The van der Waals surface area contributed by atoms with E-state index in [0.717, 1.165) is 12.8 Å². The molecule has 51 heavy (non-hydrogen) atoms. The highest BCUT2D eigenvalue weighted by Gasteiger charge is 2.27. The van der Waals surface area contributed by atoms with E-state index in [1.165, 1.54) is 103 Å². The molecule has 0 N–H and O–H groups in total. The number of para-hydroxylation sites is 4. The maximum absolute atomic E-state index is 2.59. The van der Waals surface area contributed by atoms with Crippen LogP contribution in [0.4, 0.5) is 0 Å². The van der Waals surface area contributed by atoms with Gasteiger partial charge in [0.25, 0.3) is 0 Å². The zero-order valence-electron chi connectivity index (χ0n) is 27.8. The summed E-state index contributed by atoms with van der Waals surface area (Å²) in [5, 5.41) is 15.4. The van der Waals surface area contributed by atoms with Crippen LogP contribution in [0.3, 0.4) is 0 Å². The van der Waals surface area contributed by atoms with E-state index in [4.69, 9.17) is 0 Å². The Balaban J connectivity index is 1.45. The summed E-state index contributed by atoms with van der Waals surface area (Å²) < 4.78 is 7.62. The lowest BCUT2D eigenvalue weighted by atomic mass is 9.92. The van der Waals surface area contributed by atoms with Crippen LogP contribution in [0.2, 0.25) is 0 Å². The van der Waals surface area contributed by atoms with Crippen LogP contribution in [0.15, 0.2) is 164 Å². The lowest BCUT2D eigenvalue weighted by Crippen LogP contribution is -2.10. The minimum Gasteiger partial charge on any atom is -0.311 e. The fourth-order valence-corrected chi connectivity index (χ4v) is 9.40. The Labute approximate surface area is 293 Å². The molecule has 0 unspecified atom stereocenters. The first-order valence-electron chi connectivity index (χ1n) is 17.9. The molecule has 0 spiro atoms. The van der Waals surface area contributed by atoms with Crippen molar-refractivity contribution in [2.24, 2.45) is 0 Å². The van der Waals surface area contributed by atoms with Crippen LogP contribution < -0.4 is 0 Å². The first kappa shape index (κ1) is 27.3. The number of aromatic nitrogens is 3. The van der Waals surface area contributed by atoms with E-state index in [0.29, 0.717) is 0 Å². The molecule has 1 aliphatic rings. The summed E-state index contributed by atoms with van der Waals surface area (Å²) in [4.78, 5) is 0. The summed E-state index contributed by atoms with van der Waals surface area (Å²) in [5.41, 5.74) is 8.66. The van der Waals surface area contributed by atoms with Gasteiger partial charge in [0, 0.05) is 43.4 Å². The number of hydrogen-bond acceptors (Lipinski definition) is 0. The Bertz CT molecular complexity index is 3310. The molecule has 3 nitrogen and oxygen atoms in total. The molecule has 1 aliphatic carbocycles. The van der Waals surface area contributed by atoms with Crippen molar-refractivity contribution in [3.05, 3.63) is 164 Å². The third kappa shape index (κ3) is 3.47. The van der Waals surface area contributed by atoms with Crippen molar-refractivity contribution in [1.29, 1.82) is 0 Å². The summed E-state index contributed by atoms with van der Waals surface area (Å²) in [6, 6.07) is 54.1. The van der Waals surface area contributed by atoms with Crippen LogP contribution in [0.25, 0.3) is 103 Å². The van der Waals surface area contributed by atoms with E-state index >= 15 is 0 Å². The Morgan fingerprint density at radius 2 is 0.941 bits per heavy atom. The first-order chi connectivity index (χ1) is 25.4. The molecule has 12 rings (SSSR count). The van der Waals surface area contributed by atoms with E-state index in [1.54, 1.807) is 0 Å². The minimum atomic E-state index is 0.989. The molecule has 238 valence electrons. The van der Waals surface area contributed by atoms with E-state index in [9.17, 15) is 0 Å². The second-order valence-corrected chi connectivity index (χ2v) is 14.0. The lowest BCUT2D eigenvalue weighted by Gasteiger charge is -2.18. The van der Waals surface area contributed by atoms with Crippen molar-refractivity contribution in [2.45, 2.75) is 12.8 Å². The van der Waals surface area contributed by atoms with E-state index in [-0.39, 0.29) is 0 Å². The Hall–Kier alpha value is -6.58. The molecule has 0 bridgehead atoms. The van der Waals surface area contributed by atoms with Crippen molar-refractivity contribution in [3.8, 4) is 0 Å². The maximum atomic E-state index is 2.59. The van der Waals surface area contributed by atoms with Crippen molar-refractivity contribution in [3.63, 3.8) is 0 Å². The molecular formula is C48H31N3. The summed E-state index contributed by atoms with van der Waals surface area (Å²) in [5.74, 6) is 0. The largest absolute Gasteiger partial charge is 0.311 e. The Morgan fingerprint density at radius 3 is 1.65 bits per heavy atom. The molecular weight excluding hydrogens is 619 g/mol. The van der Waals surface area contributed by atoms with Crippen LogP contribution >= 0.6 is 0 Å². The van der Waals surface area contributed by atoms with Crippen molar-refractivity contribution >= 4 is 103 Å². The fourth-order valence-electron chi connectivity index (χ4n) is 9.40. The number of rotatable bonds is 2. The minimum absolute atomic E-state index is 0.989. The van der Waals surface area contributed by atoms with Gasteiger partial charge in [-0.05, 0) is 70.1 Å². The SMILES string of the molecule is C1=CCCC(n2c3ccccc3c3c4ccc5c6ccccc6ccc5c4c4c5ccccc5n(-n5c6ccccc6c6ccccc65)c4c32)=C1. The first-order valence-corrected chi connectivity index (χ1v) is 17.9. The summed E-state index contributed by atoms with van der Waals surface area (Å²) in [7, 11) is 0. The van der Waals surface area contributed by atoms with E-state index in [2.05, 4.69) is 178 Å². The quantitative estimate of drug-likeness (QED) is 0.166. The molecule has 0 saturated heterocycles. The van der Waals surface area contributed by atoms with Gasteiger partial charge in [-0.15, -0.1) is 0 Å². The van der Waals surface area contributed by atoms with Gasteiger partial charge in [-0.25, -0.2) is 9.35 Å². The zero-order valence-corrected chi connectivity index (χ0v) is 27.8. The van der Waals surface area contributed by atoms with Crippen LogP contribution in [0.1, 0.15) is 12.8 Å². The van der Waals surface area contributed by atoms with Crippen LogP contribution in [0.5, 0.6) is 0 Å². The lowest BCUT2D eigenvalue weighted by molar-refractivity contribution is 0.776. The van der Waals surface area contributed by atoms with Crippen LogP contribution in [-0.2, 0) is 0 Å². The van der Waals surface area contributed by atoms with E-state index in [1.807, 2.05) is 0 Å². The molecule has 0 fully saturated rings. The van der Waals surface area contributed by atoms with Gasteiger partial charge in [0.2, 0.25) is 0 Å². The molecule has 8 aromatic carbocycles. The number of benzene rings is 8. The molecule has 3 aromatic heterocycles. The van der Waals surface area contributed by atoms with Gasteiger partial charge in [-0.1, -0.05) is 133 Å². The van der Waals surface area contributed by atoms with Crippen molar-refractivity contribution in [2.75, 3.05) is 0 Å². The molecule has 0 aliphatic heterocycles. The Kier molecular flexibility index (Phi) is 5.34. The van der Waals surface area contributed by atoms with Gasteiger partial charge in [-0.2, -0.15) is 0 Å². The van der Waals surface area contributed by atoms with Gasteiger partial charge >= 0.3 is 0 Å². The summed E-state index contributed by atoms with van der Waals surface area (Å²) >= 11 is 0. The van der Waals surface area contributed by atoms with Crippen molar-refractivity contribution in [1.82, 2.24) is 13.9 Å². The molecule has 0 atom stereocenters. The molecule has 3 heterocycles. The number of nitrogens with zero attached hydrogens (tertiary/aromatic N) is 3. The average Bonchev–Trinajstić information content (AvgIpc) is 3.84. The normalized spacial score (nSPS) is 13.8. The second kappa shape index (κ2) is 9.99. The molecule has 0 saturated carbocycles. The monoisotopic (exact) mass is 649 g/mol. The maximum Gasteiger partial charge on any atom is 0.0969 e. The highest BCUT2D eigenvalue weighted by atomic mass is 15.5.